The van der Waals surface area contributed by atoms with Crippen molar-refractivity contribution in [2.45, 2.75) is 39.0 Å². The maximum atomic E-state index is 13.2. The number of thiazole rings is 1. The number of aromatic hydroxyl groups is 1. The van der Waals surface area contributed by atoms with Crippen molar-refractivity contribution in [3.8, 4) is 17.0 Å². The highest BCUT2D eigenvalue weighted by Crippen LogP contribution is 2.41. The average molecular weight is 574 g/mol. The Bertz CT molecular complexity index is 1940. The second kappa shape index (κ2) is 10.7. The summed E-state index contributed by atoms with van der Waals surface area (Å²) < 4.78 is 1.56. The molecule has 3 aromatic carbocycles. The number of rotatable bonds is 5. The predicted octanol–water partition coefficient (Wildman–Crippen LogP) is 7.98. The Morgan fingerprint density at radius 1 is 1.12 bits per heavy atom. The molecule has 0 unspecified atom stereocenters. The largest absolute Gasteiger partial charge is 0.505 e. The molecule has 0 atom stereocenters. The van der Waals surface area contributed by atoms with Crippen LogP contribution in [0, 0.1) is 11.3 Å². The van der Waals surface area contributed by atoms with E-state index in [1.165, 1.54) is 11.3 Å². The number of phenols is 1. The molecule has 0 bridgehead atoms. The molecular weight excluding hydrogens is 546 g/mol. The van der Waals surface area contributed by atoms with Gasteiger partial charge in [0.2, 0.25) is 5.13 Å². The third kappa shape index (κ3) is 4.95. The minimum Gasteiger partial charge on any atom is -0.505 e. The number of anilines is 1. The molecule has 0 spiro atoms. The number of hydrogen-bond donors (Lipinski definition) is 2. The number of benzene rings is 3. The summed E-state index contributed by atoms with van der Waals surface area (Å²) in [5.41, 5.74) is 2.12. The molecule has 0 radical (unpaired) electrons. The number of aromatic nitrogens is 3. The molecule has 6 rings (SSSR count). The van der Waals surface area contributed by atoms with Crippen molar-refractivity contribution in [2.24, 2.45) is 10.2 Å². The zero-order chi connectivity index (χ0) is 29.4. The molecule has 2 aromatic heterocycles. The van der Waals surface area contributed by atoms with Gasteiger partial charge in [-0.3, -0.25) is 4.79 Å². The second-order valence-corrected chi connectivity index (χ2v) is 11.9. The summed E-state index contributed by atoms with van der Waals surface area (Å²) in [5, 5.41) is 40.1. The Kier molecular flexibility index (Phi) is 6.88. The Labute approximate surface area is 246 Å². The van der Waals surface area contributed by atoms with Crippen molar-refractivity contribution in [1.82, 2.24) is 14.8 Å². The summed E-state index contributed by atoms with van der Waals surface area (Å²) >= 11 is 1.47. The fourth-order valence-electron chi connectivity index (χ4n) is 4.83. The Hall–Kier alpha value is -5.14. The molecule has 2 heterocycles. The number of allylic oxidation sites excluding steroid dienone is 1. The Morgan fingerprint density at radius 2 is 1.88 bits per heavy atom. The number of nitrogens with zero attached hydrogens (tertiary/aromatic N) is 6. The summed E-state index contributed by atoms with van der Waals surface area (Å²) in [6, 6.07) is 20.2. The van der Waals surface area contributed by atoms with Gasteiger partial charge < -0.3 is 10.4 Å². The van der Waals surface area contributed by atoms with E-state index in [2.05, 4.69) is 33.8 Å². The number of fused-ring (bicyclic) bond motifs is 2. The number of amides is 1. The zero-order valence-corrected chi connectivity index (χ0v) is 24.1. The van der Waals surface area contributed by atoms with Gasteiger partial charge in [0.15, 0.2) is 11.6 Å². The van der Waals surface area contributed by atoms with Crippen molar-refractivity contribution < 1.29 is 9.90 Å². The summed E-state index contributed by atoms with van der Waals surface area (Å²) in [6.07, 6.45) is 5.91. The number of hydrogen-bond acceptors (Lipinski definition) is 8. The zero-order valence-electron chi connectivity index (χ0n) is 23.3. The van der Waals surface area contributed by atoms with Crippen molar-refractivity contribution in [1.29, 1.82) is 5.26 Å². The third-order valence-corrected chi connectivity index (χ3v) is 7.95. The lowest BCUT2D eigenvalue weighted by Gasteiger charge is -2.14. The van der Waals surface area contributed by atoms with Crippen molar-refractivity contribution in [2.75, 3.05) is 5.32 Å². The first-order valence-corrected chi connectivity index (χ1v) is 14.3. The number of aryl methyl sites for hydroxylation is 1. The first-order valence-electron chi connectivity index (χ1n) is 13.5. The quantitative estimate of drug-likeness (QED) is 0.206. The first kappa shape index (κ1) is 27.1. The molecule has 0 saturated heterocycles. The van der Waals surface area contributed by atoms with Crippen LogP contribution in [0.2, 0.25) is 0 Å². The van der Waals surface area contributed by atoms with Crippen LogP contribution in [0.5, 0.6) is 5.75 Å². The third-order valence-electron chi connectivity index (χ3n) is 6.91. The van der Waals surface area contributed by atoms with Crippen LogP contribution in [0.3, 0.4) is 0 Å². The lowest BCUT2D eigenvalue weighted by molar-refractivity contribution is 0.102. The number of phenolic OH excluding ortho intramolecular Hbond substituents is 1. The lowest BCUT2D eigenvalue weighted by atomic mass is 9.90. The van der Waals surface area contributed by atoms with Gasteiger partial charge in [0, 0.05) is 16.5 Å². The van der Waals surface area contributed by atoms with E-state index in [-0.39, 0.29) is 28.4 Å². The van der Waals surface area contributed by atoms with E-state index in [4.69, 9.17) is 10.1 Å². The van der Waals surface area contributed by atoms with Crippen LogP contribution >= 0.6 is 11.3 Å². The number of carbonyl (C=O) groups is 1. The Balaban J connectivity index is 1.50. The van der Waals surface area contributed by atoms with Gasteiger partial charge in [0.1, 0.15) is 17.3 Å². The topological polar surface area (TPSA) is 129 Å². The smallest absolute Gasteiger partial charge is 0.259 e. The summed E-state index contributed by atoms with van der Waals surface area (Å²) in [7, 11) is 0. The number of carbonyl (C=O) groups excluding carboxylic acids is 1. The second-order valence-electron chi connectivity index (χ2n) is 10.9. The molecule has 10 heteroatoms. The molecule has 0 aliphatic heterocycles. The molecule has 2 N–H and O–H groups in total. The molecule has 1 aliphatic rings. The fourth-order valence-corrected chi connectivity index (χ4v) is 5.83. The summed E-state index contributed by atoms with van der Waals surface area (Å²) in [6.45, 7) is 5.93. The fraction of sp³-hybridized carbons (Fsp3) is 0.188. The molecule has 1 amide bonds. The highest BCUT2D eigenvalue weighted by atomic mass is 32.1. The lowest BCUT2D eigenvalue weighted by Crippen LogP contribution is -2.14. The van der Waals surface area contributed by atoms with E-state index >= 15 is 0 Å². The molecule has 9 nitrogen and oxygen atoms in total. The summed E-state index contributed by atoms with van der Waals surface area (Å²) in [5.74, 6) is -0.596. The van der Waals surface area contributed by atoms with Crippen molar-refractivity contribution in [3.63, 3.8) is 0 Å². The summed E-state index contributed by atoms with van der Waals surface area (Å²) in [4.78, 5) is 19.1. The van der Waals surface area contributed by atoms with E-state index in [0.717, 1.165) is 23.4 Å². The number of azo groups is 1. The molecule has 5 aromatic rings. The first-order chi connectivity index (χ1) is 20.2. The molecule has 0 fully saturated rings. The van der Waals surface area contributed by atoms with Crippen LogP contribution in [0.4, 0.5) is 17.2 Å². The van der Waals surface area contributed by atoms with E-state index in [1.807, 2.05) is 57.2 Å². The minimum atomic E-state index is -0.486. The number of nitriles is 1. The van der Waals surface area contributed by atoms with Crippen LogP contribution in [0.25, 0.3) is 22.0 Å². The number of nitrogens with one attached hydrogen (secondary N) is 1. The van der Waals surface area contributed by atoms with Gasteiger partial charge in [-0.05, 0) is 42.5 Å². The van der Waals surface area contributed by atoms with E-state index in [9.17, 15) is 15.2 Å². The van der Waals surface area contributed by atoms with Gasteiger partial charge >= 0.3 is 0 Å². The van der Waals surface area contributed by atoms with E-state index in [1.54, 1.807) is 28.9 Å². The normalized spacial score (nSPS) is 12.9. The molecular formula is C32H27N7O2S. The maximum absolute atomic E-state index is 13.2. The van der Waals surface area contributed by atoms with E-state index < -0.39 is 11.3 Å². The van der Waals surface area contributed by atoms with Crippen LogP contribution in [-0.2, 0) is 11.8 Å². The standard InChI is InChI=1S/C32H27N7O2S/c1-32(2,3)28-23(18-33)29(39(38-28)31-35-24-15-9-10-16-25(24)42-31)37-36-26-21-14-8-7-11-19(21)17-22(27(26)40)30(41)34-20-12-5-4-6-13-20/h4-8,10-14,16-17,40H,9,15H2,1-3H3,(H,34,41)/b37-36+. The SMILES string of the molecule is CC(C)(C)c1nn(-c2nc3c(s2)C=CCC3)c(/N=N/c2c(O)c(C(=O)Nc3ccccc3)cc3ccccc23)c1C#N. The van der Waals surface area contributed by atoms with Crippen LogP contribution in [0.1, 0.15) is 59.4 Å². The van der Waals surface area contributed by atoms with Crippen LogP contribution < -0.4 is 5.32 Å². The van der Waals surface area contributed by atoms with Crippen molar-refractivity contribution >= 4 is 51.3 Å². The average Bonchev–Trinajstić information content (AvgIpc) is 3.58. The molecule has 42 heavy (non-hydrogen) atoms. The highest BCUT2D eigenvalue weighted by Gasteiger charge is 2.29. The molecule has 1 aliphatic carbocycles. The number of para-hydroxylation sites is 1. The van der Waals surface area contributed by atoms with Gasteiger partial charge in [-0.15, -0.1) is 10.2 Å². The maximum Gasteiger partial charge on any atom is 0.259 e. The van der Waals surface area contributed by atoms with Gasteiger partial charge in [-0.2, -0.15) is 15.0 Å². The molecule has 208 valence electrons. The van der Waals surface area contributed by atoms with Gasteiger partial charge in [0.05, 0.1) is 21.8 Å². The van der Waals surface area contributed by atoms with Gasteiger partial charge in [0.25, 0.3) is 5.91 Å². The predicted molar refractivity (Wildman–Crippen MR) is 164 cm³/mol. The monoisotopic (exact) mass is 573 g/mol. The van der Waals surface area contributed by atoms with Gasteiger partial charge in [-0.1, -0.05) is 80.6 Å². The molecule has 0 saturated carbocycles. The van der Waals surface area contributed by atoms with Crippen molar-refractivity contribution in [3.05, 3.63) is 94.1 Å². The minimum absolute atomic E-state index is 0.0512. The Morgan fingerprint density at radius 3 is 2.62 bits per heavy atom. The van der Waals surface area contributed by atoms with Crippen LogP contribution in [-0.4, -0.2) is 25.8 Å². The van der Waals surface area contributed by atoms with E-state index in [0.29, 0.717) is 27.3 Å². The highest BCUT2D eigenvalue weighted by molar-refractivity contribution is 7.15. The van der Waals surface area contributed by atoms with Crippen LogP contribution in [0.15, 0.2) is 77.0 Å². The van der Waals surface area contributed by atoms with Gasteiger partial charge in [-0.25, -0.2) is 4.98 Å².